The number of carbonyl (C=O) groups excluding carboxylic acids is 1. The van der Waals surface area contributed by atoms with Crippen molar-refractivity contribution in [1.82, 2.24) is 0 Å². The van der Waals surface area contributed by atoms with Gasteiger partial charge in [0, 0.05) is 16.3 Å². The van der Waals surface area contributed by atoms with Crippen LogP contribution in [0, 0.1) is 6.92 Å². The zero-order chi connectivity index (χ0) is 15.1. The summed E-state index contributed by atoms with van der Waals surface area (Å²) < 4.78 is 0. The molecule has 21 heavy (non-hydrogen) atoms. The quantitative estimate of drug-likeness (QED) is 0.790. The summed E-state index contributed by atoms with van der Waals surface area (Å²) in [5.41, 5.74) is 3.38. The van der Waals surface area contributed by atoms with Crippen molar-refractivity contribution in [1.29, 1.82) is 0 Å². The second kappa shape index (κ2) is 8.15. The number of amides is 1. The smallest absolute Gasteiger partial charge is 0.234 e. The summed E-state index contributed by atoms with van der Waals surface area (Å²) in [6, 6.07) is 16.3. The van der Waals surface area contributed by atoms with Crippen LogP contribution >= 0.6 is 23.5 Å². The summed E-state index contributed by atoms with van der Waals surface area (Å²) in [6.45, 7) is 2.08. The Morgan fingerprint density at radius 1 is 1.14 bits per heavy atom. The fourth-order valence-corrected chi connectivity index (χ4v) is 3.09. The highest BCUT2D eigenvalue weighted by molar-refractivity contribution is 7.99. The number of rotatable bonds is 6. The van der Waals surface area contributed by atoms with Gasteiger partial charge in [-0.2, -0.15) is 0 Å². The molecule has 0 atom stereocenters. The summed E-state index contributed by atoms with van der Waals surface area (Å²) >= 11 is 3.30. The van der Waals surface area contributed by atoms with Crippen molar-refractivity contribution in [2.24, 2.45) is 0 Å². The molecule has 0 aliphatic rings. The van der Waals surface area contributed by atoms with Crippen molar-refractivity contribution in [2.45, 2.75) is 17.6 Å². The van der Waals surface area contributed by atoms with Crippen LogP contribution in [0.5, 0.6) is 0 Å². The molecule has 0 saturated heterocycles. The molecule has 0 fully saturated rings. The number of hydrogen-bond donors (Lipinski definition) is 1. The molecule has 4 heteroatoms. The summed E-state index contributed by atoms with van der Waals surface area (Å²) in [5.74, 6) is 1.38. The van der Waals surface area contributed by atoms with Crippen molar-refractivity contribution in [2.75, 3.05) is 17.3 Å². The maximum atomic E-state index is 11.9. The van der Waals surface area contributed by atoms with Crippen molar-refractivity contribution in [3.63, 3.8) is 0 Å². The molecule has 0 aliphatic carbocycles. The first kappa shape index (κ1) is 16.0. The van der Waals surface area contributed by atoms with E-state index >= 15 is 0 Å². The van der Waals surface area contributed by atoms with Crippen molar-refractivity contribution in [3.05, 3.63) is 59.7 Å². The van der Waals surface area contributed by atoms with Crippen LogP contribution in [0.2, 0.25) is 0 Å². The summed E-state index contributed by atoms with van der Waals surface area (Å²) in [7, 11) is 0. The van der Waals surface area contributed by atoms with E-state index in [4.69, 9.17) is 0 Å². The topological polar surface area (TPSA) is 29.1 Å². The van der Waals surface area contributed by atoms with Gasteiger partial charge in [-0.05, 0) is 36.9 Å². The minimum atomic E-state index is 0.0466. The van der Waals surface area contributed by atoms with Crippen LogP contribution in [0.1, 0.15) is 11.1 Å². The first-order chi connectivity index (χ1) is 10.2. The number of hydrogen-bond acceptors (Lipinski definition) is 3. The van der Waals surface area contributed by atoms with Crippen molar-refractivity contribution >= 4 is 35.1 Å². The average Bonchev–Trinajstić information content (AvgIpc) is 2.49. The molecule has 0 radical (unpaired) electrons. The monoisotopic (exact) mass is 317 g/mol. The predicted molar refractivity (Wildman–Crippen MR) is 94.2 cm³/mol. The highest BCUT2D eigenvalue weighted by atomic mass is 32.2. The lowest BCUT2D eigenvalue weighted by atomic mass is 10.2. The number of aryl methyl sites for hydroxylation is 1. The third-order valence-electron chi connectivity index (χ3n) is 2.98. The highest BCUT2D eigenvalue weighted by Gasteiger charge is 2.03. The Labute approximate surface area is 134 Å². The SMILES string of the molecule is CSc1cccc(NC(=O)CSCc2ccc(C)cc2)c1. The molecule has 2 rings (SSSR count). The van der Waals surface area contributed by atoms with E-state index in [0.29, 0.717) is 5.75 Å². The van der Waals surface area contributed by atoms with Gasteiger partial charge in [-0.25, -0.2) is 0 Å². The molecule has 2 nitrogen and oxygen atoms in total. The van der Waals surface area contributed by atoms with Gasteiger partial charge in [-0.15, -0.1) is 23.5 Å². The average molecular weight is 317 g/mol. The largest absolute Gasteiger partial charge is 0.325 e. The third kappa shape index (κ3) is 5.48. The van der Waals surface area contributed by atoms with Crippen LogP contribution in [0.3, 0.4) is 0 Å². The summed E-state index contributed by atoms with van der Waals surface area (Å²) in [5, 5.41) is 2.94. The molecule has 0 spiro atoms. The minimum Gasteiger partial charge on any atom is -0.325 e. The highest BCUT2D eigenvalue weighted by Crippen LogP contribution is 2.19. The predicted octanol–water partition coefficient (Wildman–Crippen LogP) is 4.59. The van der Waals surface area contributed by atoms with E-state index in [2.05, 4.69) is 36.5 Å². The Morgan fingerprint density at radius 2 is 1.90 bits per heavy atom. The van der Waals surface area contributed by atoms with Crippen LogP contribution in [0.4, 0.5) is 5.69 Å². The first-order valence-corrected chi connectivity index (χ1v) is 9.12. The number of anilines is 1. The van der Waals surface area contributed by atoms with Gasteiger partial charge in [0.25, 0.3) is 0 Å². The zero-order valence-electron chi connectivity index (χ0n) is 12.3. The van der Waals surface area contributed by atoms with E-state index in [1.165, 1.54) is 11.1 Å². The van der Waals surface area contributed by atoms with Gasteiger partial charge in [0.15, 0.2) is 0 Å². The fourth-order valence-electron chi connectivity index (χ4n) is 1.84. The van der Waals surface area contributed by atoms with Crippen LogP contribution in [-0.2, 0) is 10.5 Å². The van der Waals surface area contributed by atoms with E-state index in [0.717, 1.165) is 16.3 Å². The molecule has 0 bridgehead atoms. The van der Waals surface area contributed by atoms with Crippen molar-refractivity contribution in [3.8, 4) is 0 Å². The Morgan fingerprint density at radius 3 is 2.62 bits per heavy atom. The third-order valence-corrected chi connectivity index (χ3v) is 4.71. The standard InChI is InChI=1S/C17H19NOS2/c1-13-6-8-14(9-7-13)11-21-12-17(19)18-15-4-3-5-16(10-15)20-2/h3-10H,11-12H2,1-2H3,(H,18,19). The molecule has 2 aromatic carbocycles. The summed E-state index contributed by atoms with van der Waals surface area (Å²) in [4.78, 5) is 13.1. The molecular weight excluding hydrogens is 298 g/mol. The maximum absolute atomic E-state index is 11.9. The molecular formula is C17H19NOS2. The minimum absolute atomic E-state index is 0.0466. The molecule has 2 aromatic rings. The Hall–Kier alpha value is -1.39. The van der Waals surface area contributed by atoms with Gasteiger partial charge in [-0.3, -0.25) is 4.79 Å². The van der Waals surface area contributed by atoms with Gasteiger partial charge in [0.1, 0.15) is 0 Å². The van der Waals surface area contributed by atoms with Gasteiger partial charge in [0.2, 0.25) is 5.91 Å². The van der Waals surface area contributed by atoms with E-state index in [1.807, 2.05) is 30.5 Å². The Kier molecular flexibility index (Phi) is 6.21. The van der Waals surface area contributed by atoms with Gasteiger partial charge < -0.3 is 5.32 Å². The molecule has 110 valence electrons. The molecule has 0 heterocycles. The van der Waals surface area contributed by atoms with Crippen LogP contribution < -0.4 is 5.32 Å². The van der Waals surface area contributed by atoms with Crippen molar-refractivity contribution < 1.29 is 4.79 Å². The van der Waals surface area contributed by atoms with Gasteiger partial charge in [-0.1, -0.05) is 35.9 Å². The first-order valence-electron chi connectivity index (χ1n) is 6.74. The number of benzene rings is 2. The molecule has 1 N–H and O–H groups in total. The lowest BCUT2D eigenvalue weighted by Gasteiger charge is -2.06. The second-order valence-electron chi connectivity index (χ2n) is 4.76. The molecule has 0 unspecified atom stereocenters. The lowest BCUT2D eigenvalue weighted by Crippen LogP contribution is -2.14. The maximum Gasteiger partial charge on any atom is 0.234 e. The molecule has 0 aliphatic heterocycles. The summed E-state index contributed by atoms with van der Waals surface area (Å²) in [6.07, 6.45) is 2.03. The van der Waals surface area contributed by atoms with E-state index in [1.54, 1.807) is 23.5 Å². The zero-order valence-corrected chi connectivity index (χ0v) is 13.9. The van der Waals surface area contributed by atoms with Gasteiger partial charge >= 0.3 is 0 Å². The molecule has 0 aromatic heterocycles. The molecule has 0 saturated carbocycles. The number of nitrogens with one attached hydrogen (secondary N) is 1. The van der Waals surface area contributed by atoms with Crippen LogP contribution in [-0.4, -0.2) is 17.9 Å². The second-order valence-corrected chi connectivity index (χ2v) is 6.62. The lowest BCUT2D eigenvalue weighted by molar-refractivity contribution is -0.113. The number of carbonyl (C=O) groups is 1. The fraction of sp³-hybridized carbons (Fsp3) is 0.235. The number of thioether (sulfide) groups is 2. The van der Waals surface area contributed by atoms with Crippen LogP contribution in [0.25, 0.3) is 0 Å². The van der Waals surface area contributed by atoms with E-state index in [-0.39, 0.29) is 5.91 Å². The Balaban J connectivity index is 1.78. The van der Waals surface area contributed by atoms with Gasteiger partial charge in [0.05, 0.1) is 5.75 Å². The van der Waals surface area contributed by atoms with E-state index in [9.17, 15) is 4.79 Å². The normalized spacial score (nSPS) is 10.4. The van der Waals surface area contributed by atoms with E-state index < -0.39 is 0 Å². The Bertz CT molecular complexity index is 596. The van der Waals surface area contributed by atoms with Crippen LogP contribution in [0.15, 0.2) is 53.4 Å². The molecule has 1 amide bonds.